The minimum Gasteiger partial charge on any atom is -0.497 e. The highest BCUT2D eigenvalue weighted by atomic mass is 31.2. The summed E-state index contributed by atoms with van der Waals surface area (Å²) in [6.45, 7) is 14.1. The molecule has 0 spiro atoms. The van der Waals surface area contributed by atoms with Gasteiger partial charge >= 0.3 is 23.6 Å². The van der Waals surface area contributed by atoms with E-state index in [-0.39, 0.29) is 83.3 Å². The van der Waals surface area contributed by atoms with Gasteiger partial charge in [-0.05, 0) is 75.6 Å². The van der Waals surface area contributed by atoms with Crippen molar-refractivity contribution in [2.45, 2.75) is 129 Å². The maximum atomic E-state index is 13.9. The van der Waals surface area contributed by atoms with E-state index in [2.05, 4.69) is 21.0 Å². The third kappa shape index (κ3) is 17.7. The molecule has 24 nitrogen and oxygen atoms in total. The number of H-pyrrole nitrogens is 1. The summed E-state index contributed by atoms with van der Waals surface area (Å²) < 4.78 is 77.9. The summed E-state index contributed by atoms with van der Waals surface area (Å²) in [5.74, 6) is -1.44. The quantitative estimate of drug-likeness (QED) is 0.0217. The number of nitrogens with zero attached hydrogens (tertiary/aromatic N) is 4. The van der Waals surface area contributed by atoms with Crippen LogP contribution in [0.3, 0.4) is 0 Å². The van der Waals surface area contributed by atoms with Crippen molar-refractivity contribution >= 4 is 32.3 Å². The van der Waals surface area contributed by atoms with Gasteiger partial charge in [0.15, 0.2) is 24.7 Å². The van der Waals surface area contributed by atoms with Gasteiger partial charge in [0, 0.05) is 71.2 Å². The van der Waals surface area contributed by atoms with E-state index in [4.69, 9.17) is 56.4 Å². The monoisotopic (exact) mass is 1190 g/mol. The number of ether oxygens (including phenoxy) is 10. The minimum atomic E-state index is -1.86. The molecule has 2 N–H and O–H groups in total. The second kappa shape index (κ2) is 31.5. The number of amides is 1. The number of carbonyl (C=O) groups is 4. The van der Waals surface area contributed by atoms with Crippen LogP contribution in [-0.4, -0.2) is 171 Å². The molecule has 3 heterocycles. The van der Waals surface area contributed by atoms with Gasteiger partial charge in [0.05, 0.1) is 66.4 Å². The fourth-order valence-corrected chi connectivity index (χ4v) is 11.8. The first-order chi connectivity index (χ1) is 40.1. The van der Waals surface area contributed by atoms with Crippen molar-refractivity contribution in [2.75, 3.05) is 80.1 Å². The van der Waals surface area contributed by atoms with E-state index in [9.17, 15) is 34.0 Å². The molecule has 84 heavy (non-hydrogen) atoms. The van der Waals surface area contributed by atoms with Gasteiger partial charge in [-0.25, -0.2) is 9.46 Å². The molecule has 0 bridgehead atoms. The number of methoxy groups -OCH3 is 2. The van der Waals surface area contributed by atoms with Crippen LogP contribution in [0.1, 0.15) is 90.3 Å². The zero-order chi connectivity index (χ0) is 61.1. The number of benzene rings is 3. The van der Waals surface area contributed by atoms with Crippen LogP contribution in [0.2, 0.25) is 0 Å². The molecule has 8 atom stereocenters. The molecule has 0 radical (unpaired) electrons. The van der Waals surface area contributed by atoms with Gasteiger partial charge < -0.3 is 61.7 Å². The van der Waals surface area contributed by atoms with E-state index in [0.29, 0.717) is 11.5 Å². The topological polar surface area (TPSA) is 276 Å². The third-order valence-corrected chi connectivity index (χ3v) is 15.8. The average molecular weight is 1190 g/mol. The number of aryl methyl sites for hydroxylation is 1. The zero-order valence-corrected chi connectivity index (χ0v) is 50.5. The van der Waals surface area contributed by atoms with Gasteiger partial charge in [0.25, 0.3) is 14.1 Å². The molecule has 4 aromatic rings. The molecule has 25 heteroatoms. The van der Waals surface area contributed by atoms with E-state index in [1.807, 2.05) is 111 Å². The first-order valence-electron chi connectivity index (χ1n) is 27.7. The van der Waals surface area contributed by atoms with Crippen LogP contribution in [0.15, 0.2) is 94.6 Å². The number of esters is 3. The predicted molar refractivity (Wildman–Crippen MR) is 306 cm³/mol. The van der Waals surface area contributed by atoms with Crippen LogP contribution in [0.4, 0.5) is 0 Å². The second-order valence-electron chi connectivity index (χ2n) is 20.8. The number of hydrogen-bond acceptors (Lipinski definition) is 21. The summed E-state index contributed by atoms with van der Waals surface area (Å²) in [5, 5.41) is 12.3. The van der Waals surface area contributed by atoms with Crippen LogP contribution in [-0.2, 0) is 71.7 Å². The maximum absolute atomic E-state index is 13.9. The number of rotatable bonds is 30. The Morgan fingerprint density at radius 2 is 1.42 bits per heavy atom. The summed E-state index contributed by atoms with van der Waals surface area (Å²) in [4.78, 5) is 80.5. The van der Waals surface area contributed by atoms with Crippen molar-refractivity contribution in [1.29, 1.82) is 5.26 Å². The molecule has 1 aromatic heterocycles. The third-order valence-electron chi connectivity index (χ3n) is 13.7. The summed E-state index contributed by atoms with van der Waals surface area (Å²) >= 11 is 0. The number of nitriles is 1. The Morgan fingerprint density at radius 3 is 1.98 bits per heavy atom. The highest BCUT2D eigenvalue weighted by molar-refractivity contribution is 7.44. The largest absolute Gasteiger partial charge is 0.497 e. The van der Waals surface area contributed by atoms with E-state index < -0.39 is 98.3 Å². The molecule has 1 unspecified atom stereocenters. The molecule has 0 aliphatic carbocycles. The van der Waals surface area contributed by atoms with Crippen molar-refractivity contribution in [2.24, 2.45) is 0 Å². The number of nitrogens with one attached hydrogen (secondary N) is 2. The summed E-state index contributed by atoms with van der Waals surface area (Å²) in [6.07, 6.45) is -4.61. The average Bonchev–Trinajstić information content (AvgIpc) is 3.00. The van der Waals surface area contributed by atoms with Gasteiger partial charge in [0.1, 0.15) is 41.5 Å². The van der Waals surface area contributed by atoms with E-state index >= 15 is 0 Å². The minimum absolute atomic E-state index is 0.0372. The van der Waals surface area contributed by atoms with Crippen LogP contribution in [0, 0.1) is 18.3 Å². The molecule has 458 valence electrons. The molecule has 6 rings (SSSR count). The van der Waals surface area contributed by atoms with Crippen molar-refractivity contribution in [3.05, 3.63) is 128 Å². The van der Waals surface area contributed by atoms with Gasteiger partial charge in [-0.3, -0.25) is 38.4 Å². The molecule has 3 aromatic carbocycles. The standard InChI is InChI=1S/C59H79N6O18P/c1-38(2)65(39(3)4)84(78-28-15-26-60)79-37-58(36-77-59(45-16-13-12-14-17-45,46-18-22-48(72-10)23-19-46)47-20-24-49(73-11)25-21-47)35-63(33-51(83-58)64-32-40(5)55(70)62-57(64)71)27-29-74-30-31-75-56-52(61-41(6)66)54(81-44(9)69)53(80-43(8)68)50(82-56)34-76-42(7)67/h12-14,16-25,32,38-39,50-54,56H,15,27-31,33-37H2,1-11H3,(H,61,66)(H,62,70,71)/t50-,51-,52-,53+,54-,56-,58+,84?/m1/s1. The summed E-state index contributed by atoms with van der Waals surface area (Å²) in [7, 11) is 1.32. The van der Waals surface area contributed by atoms with E-state index in [0.717, 1.165) is 30.5 Å². The Kier molecular flexibility index (Phi) is 24.9. The fraction of sp³-hybridized carbons (Fsp3) is 0.542. The highest BCUT2D eigenvalue weighted by Crippen LogP contribution is 2.49. The van der Waals surface area contributed by atoms with Gasteiger partial charge in [-0.15, -0.1) is 0 Å². The van der Waals surface area contributed by atoms with Gasteiger partial charge in [-0.2, -0.15) is 5.26 Å². The van der Waals surface area contributed by atoms with E-state index in [1.54, 1.807) is 21.1 Å². The van der Waals surface area contributed by atoms with Crippen LogP contribution in [0.25, 0.3) is 0 Å². The maximum Gasteiger partial charge on any atom is 0.330 e. The van der Waals surface area contributed by atoms with Crippen LogP contribution < -0.4 is 26.0 Å². The Bertz CT molecular complexity index is 2880. The molecular weight excluding hydrogens is 1110 g/mol. The molecular formula is C59H79N6O18P. The molecule has 2 aliphatic rings. The zero-order valence-electron chi connectivity index (χ0n) is 49.6. The molecule has 0 saturated carbocycles. The normalized spacial score (nSPS) is 21.3. The smallest absolute Gasteiger partial charge is 0.330 e. The lowest BCUT2D eigenvalue weighted by molar-refractivity contribution is -0.279. The first kappa shape index (κ1) is 66.5. The van der Waals surface area contributed by atoms with Crippen LogP contribution in [0.5, 0.6) is 11.5 Å². The number of carbonyl (C=O) groups excluding carboxylic acids is 4. The molecule has 2 saturated heterocycles. The molecule has 2 fully saturated rings. The molecule has 1 amide bonds. The lowest BCUT2D eigenvalue weighted by Gasteiger charge is -2.48. The second-order valence-corrected chi connectivity index (χ2v) is 22.2. The number of aromatic nitrogens is 2. The van der Waals surface area contributed by atoms with Crippen molar-refractivity contribution in [3.8, 4) is 17.6 Å². The Balaban J connectivity index is 1.39. The summed E-state index contributed by atoms with van der Waals surface area (Å²) in [5.41, 5.74) is -1.57. The Morgan fingerprint density at radius 1 is 0.810 bits per heavy atom. The Hall–Kier alpha value is -6.62. The number of hydrogen-bond donors (Lipinski definition) is 2. The van der Waals surface area contributed by atoms with Crippen molar-refractivity contribution < 1.29 is 75.6 Å². The van der Waals surface area contributed by atoms with Gasteiger partial charge in [0.2, 0.25) is 5.91 Å². The highest BCUT2D eigenvalue weighted by Gasteiger charge is 2.52. The lowest BCUT2D eigenvalue weighted by atomic mass is 9.79. The van der Waals surface area contributed by atoms with E-state index in [1.165, 1.54) is 24.6 Å². The number of aromatic amines is 1. The first-order valence-corrected chi connectivity index (χ1v) is 28.8. The van der Waals surface area contributed by atoms with Crippen LogP contribution >= 0.6 is 8.53 Å². The predicted octanol–water partition coefficient (Wildman–Crippen LogP) is 5.42. The van der Waals surface area contributed by atoms with Gasteiger partial charge in [-0.1, -0.05) is 54.6 Å². The fourth-order valence-electron chi connectivity index (χ4n) is 10.1. The summed E-state index contributed by atoms with van der Waals surface area (Å²) in [6, 6.07) is 25.7. The Labute approximate surface area is 490 Å². The SMILES string of the molecule is COc1ccc(C(OC[C@]2(COP(OCCC#N)N(C(C)C)C(C)C)CN(CCOCCO[C@@H]3O[C@H](COC(C)=O)[C@H](OC(C)=O)[C@H](OC(C)=O)[C@H]3NC(C)=O)C[C@H](n3cc(C)c(=O)[nH]c3=O)O2)(c2ccccc2)c2ccc(OC)cc2)cc1. The van der Waals surface area contributed by atoms with Crippen molar-refractivity contribution in [3.63, 3.8) is 0 Å². The molecule has 2 aliphatic heterocycles. The van der Waals surface area contributed by atoms with Crippen molar-refractivity contribution in [1.82, 2.24) is 24.4 Å². The lowest BCUT2D eigenvalue weighted by Crippen LogP contribution is -2.66. The number of morpholine rings is 1.